The zero-order chi connectivity index (χ0) is 13.0. The van der Waals surface area contributed by atoms with E-state index in [2.05, 4.69) is 21.1 Å². The molecule has 0 saturated carbocycles. The number of hydrogen-bond donors (Lipinski definition) is 0. The van der Waals surface area contributed by atoms with Crippen LogP contribution in [0.15, 0.2) is 33.3 Å². The molecule has 0 spiro atoms. The van der Waals surface area contributed by atoms with Crippen LogP contribution in [0.5, 0.6) is 5.75 Å². The average molecular weight is 312 g/mol. The molecule has 2 rings (SSSR count). The molecule has 0 aliphatic rings. The lowest BCUT2D eigenvalue weighted by Gasteiger charge is -2.07. The second-order valence-electron chi connectivity index (χ2n) is 3.92. The van der Waals surface area contributed by atoms with E-state index < -0.39 is 0 Å². The van der Waals surface area contributed by atoms with Gasteiger partial charge in [0.1, 0.15) is 24.7 Å². The summed E-state index contributed by atoms with van der Waals surface area (Å²) in [6, 6.07) is 7.75. The molecule has 0 aliphatic carbocycles. The van der Waals surface area contributed by atoms with Crippen LogP contribution >= 0.6 is 15.9 Å². The predicted octanol–water partition coefficient (Wildman–Crippen LogP) is 3.47. The van der Waals surface area contributed by atoms with Gasteiger partial charge in [-0.1, -0.05) is 27.2 Å². The highest BCUT2D eigenvalue weighted by atomic mass is 79.9. The van der Waals surface area contributed by atoms with Gasteiger partial charge in [0.15, 0.2) is 5.76 Å². The Hall–Kier alpha value is -1.33. The van der Waals surface area contributed by atoms with Crippen LogP contribution in [-0.2, 0) is 18.0 Å². The third kappa shape index (κ3) is 3.34. The molecule has 0 fully saturated rings. The molecule has 0 atom stereocenters. The summed E-state index contributed by atoms with van der Waals surface area (Å²) >= 11 is 3.42. The zero-order valence-corrected chi connectivity index (χ0v) is 11.9. The molecule has 0 radical (unpaired) electrons. The number of benzene rings is 1. The van der Waals surface area contributed by atoms with Crippen molar-refractivity contribution in [2.24, 2.45) is 0 Å². The van der Waals surface area contributed by atoms with E-state index in [1.54, 1.807) is 7.11 Å². The zero-order valence-electron chi connectivity index (χ0n) is 10.3. The van der Waals surface area contributed by atoms with Gasteiger partial charge in [-0.05, 0) is 24.6 Å². The van der Waals surface area contributed by atoms with Crippen molar-refractivity contribution in [3.05, 3.63) is 45.8 Å². The number of aromatic nitrogens is 1. The number of halogens is 1. The van der Waals surface area contributed by atoms with Crippen molar-refractivity contribution in [3.63, 3.8) is 0 Å². The monoisotopic (exact) mass is 311 g/mol. The molecule has 4 nitrogen and oxygen atoms in total. The highest BCUT2D eigenvalue weighted by Crippen LogP contribution is 2.23. The number of hydrogen-bond acceptors (Lipinski definition) is 4. The maximum Gasteiger partial charge on any atom is 0.162 e. The first-order valence-electron chi connectivity index (χ1n) is 5.51. The first-order valence-corrected chi connectivity index (χ1v) is 6.30. The van der Waals surface area contributed by atoms with Gasteiger partial charge in [-0.25, -0.2) is 0 Å². The molecule has 5 heteroatoms. The van der Waals surface area contributed by atoms with E-state index in [0.717, 1.165) is 21.5 Å². The summed E-state index contributed by atoms with van der Waals surface area (Å²) < 4.78 is 16.7. The van der Waals surface area contributed by atoms with Crippen molar-refractivity contribution >= 4 is 15.9 Å². The fraction of sp³-hybridized carbons (Fsp3) is 0.308. The summed E-state index contributed by atoms with van der Waals surface area (Å²) in [4.78, 5) is 0. The Morgan fingerprint density at radius 2 is 2.11 bits per heavy atom. The van der Waals surface area contributed by atoms with Crippen molar-refractivity contribution in [2.45, 2.75) is 20.1 Å². The van der Waals surface area contributed by atoms with Crippen LogP contribution in [0.4, 0.5) is 0 Å². The molecule has 2 aromatic rings. The Labute approximate surface area is 114 Å². The maximum absolute atomic E-state index is 5.70. The van der Waals surface area contributed by atoms with E-state index in [1.807, 2.05) is 31.2 Å². The van der Waals surface area contributed by atoms with Crippen LogP contribution in [0.2, 0.25) is 0 Å². The molecule has 18 heavy (non-hydrogen) atoms. The van der Waals surface area contributed by atoms with E-state index in [0.29, 0.717) is 19.0 Å². The first kappa shape index (κ1) is 13.1. The van der Waals surface area contributed by atoms with Gasteiger partial charge in [0, 0.05) is 17.6 Å². The fourth-order valence-corrected chi connectivity index (χ4v) is 1.86. The molecule has 0 unspecified atom stereocenters. The number of aryl methyl sites for hydroxylation is 1. The summed E-state index contributed by atoms with van der Waals surface area (Å²) in [5, 5.41) is 3.91. The Morgan fingerprint density at radius 1 is 1.28 bits per heavy atom. The van der Waals surface area contributed by atoms with Gasteiger partial charge in [0.2, 0.25) is 0 Å². The minimum absolute atomic E-state index is 0.379. The number of nitrogens with zero attached hydrogens (tertiary/aromatic N) is 1. The summed E-state index contributed by atoms with van der Waals surface area (Å²) in [5.74, 6) is 1.53. The molecule has 1 aromatic carbocycles. The van der Waals surface area contributed by atoms with E-state index in [4.69, 9.17) is 14.0 Å². The average Bonchev–Trinajstić information content (AvgIpc) is 2.79. The van der Waals surface area contributed by atoms with Crippen LogP contribution in [-0.4, -0.2) is 12.3 Å². The summed E-state index contributed by atoms with van der Waals surface area (Å²) in [5.41, 5.74) is 1.83. The van der Waals surface area contributed by atoms with Crippen molar-refractivity contribution in [1.29, 1.82) is 0 Å². The lowest BCUT2D eigenvalue weighted by atomic mass is 10.2. The Bertz CT molecular complexity index is 525. The molecule has 0 aliphatic heterocycles. The van der Waals surface area contributed by atoms with Crippen LogP contribution in [0, 0.1) is 6.92 Å². The Kier molecular flexibility index (Phi) is 4.38. The SMILES string of the molecule is COCc1cc(COc2cc(Br)ccc2C)no1. The summed E-state index contributed by atoms with van der Waals surface area (Å²) in [7, 11) is 1.61. The van der Waals surface area contributed by atoms with Gasteiger partial charge >= 0.3 is 0 Å². The standard InChI is InChI=1S/C13H14BrNO3/c1-9-3-4-10(14)5-13(9)17-7-11-6-12(8-16-2)18-15-11/h3-6H,7-8H2,1-2H3. The maximum atomic E-state index is 5.70. The molecule has 1 heterocycles. The topological polar surface area (TPSA) is 44.5 Å². The van der Waals surface area contributed by atoms with Gasteiger partial charge < -0.3 is 14.0 Å². The van der Waals surface area contributed by atoms with Crippen molar-refractivity contribution in [2.75, 3.05) is 7.11 Å². The lowest BCUT2D eigenvalue weighted by Crippen LogP contribution is -1.97. The predicted molar refractivity (Wildman–Crippen MR) is 70.4 cm³/mol. The van der Waals surface area contributed by atoms with E-state index in [-0.39, 0.29) is 0 Å². The Balaban J connectivity index is 1.99. The molecular formula is C13H14BrNO3. The molecule has 0 saturated heterocycles. The first-order chi connectivity index (χ1) is 8.69. The van der Waals surface area contributed by atoms with Crippen LogP contribution in [0.1, 0.15) is 17.0 Å². The number of ether oxygens (including phenoxy) is 2. The molecule has 0 amide bonds. The molecule has 0 bridgehead atoms. The lowest BCUT2D eigenvalue weighted by molar-refractivity contribution is 0.155. The van der Waals surface area contributed by atoms with Crippen LogP contribution in [0.3, 0.4) is 0 Å². The van der Waals surface area contributed by atoms with E-state index >= 15 is 0 Å². The molecule has 96 valence electrons. The molecule has 0 N–H and O–H groups in total. The van der Waals surface area contributed by atoms with E-state index in [1.165, 1.54) is 0 Å². The van der Waals surface area contributed by atoms with Crippen molar-refractivity contribution in [3.8, 4) is 5.75 Å². The van der Waals surface area contributed by atoms with Crippen LogP contribution < -0.4 is 4.74 Å². The van der Waals surface area contributed by atoms with Gasteiger partial charge in [0.25, 0.3) is 0 Å². The largest absolute Gasteiger partial charge is 0.487 e. The van der Waals surface area contributed by atoms with Gasteiger partial charge in [-0.3, -0.25) is 0 Å². The minimum Gasteiger partial charge on any atom is -0.487 e. The Morgan fingerprint density at radius 3 is 2.89 bits per heavy atom. The quantitative estimate of drug-likeness (QED) is 0.848. The number of rotatable bonds is 5. The fourth-order valence-electron chi connectivity index (χ4n) is 1.52. The van der Waals surface area contributed by atoms with Crippen molar-refractivity contribution < 1.29 is 14.0 Å². The van der Waals surface area contributed by atoms with Crippen molar-refractivity contribution in [1.82, 2.24) is 5.16 Å². The van der Waals surface area contributed by atoms with Gasteiger partial charge in [-0.2, -0.15) is 0 Å². The second kappa shape index (κ2) is 6.02. The van der Waals surface area contributed by atoms with Gasteiger partial charge in [0.05, 0.1) is 0 Å². The third-order valence-electron chi connectivity index (χ3n) is 2.42. The second-order valence-corrected chi connectivity index (χ2v) is 4.83. The third-order valence-corrected chi connectivity index (χ3v) is 2.91. The highest BCUT2D eigenvalue weighted by molar-refractivity contribution is 9.10. The minimum atomic E-state index is 0.379. The smallest absolute Gasteiger partial charge is 0.162 e. The molecular weight excluding hydrogens is 298 g/mol. The number of methoxy groups -OCH3 is 1. The normalized spacial score (nSPS) is 10.6. The van der Waals surface area contributed by atoms with Gasteiger partial charge in [-0.15, -0.1) is 0 Å². The summed E-state index contributed by atoms with van der Waals surface area (Å²) in [6.45, 7) is 2.80. The van der Waals surface area contributed by atoms with Crippen LogP contribution in [0.25, 0.3) is 0 Å². The molecule has 1 aromatic heterocycles. The highest BCUT2D eigenvalue weighted by Gasteiger charge is 2.06. The van der Waals surface area contributed by atoms with E-state index in [9.17, 15) is 0 Å². The summed E-state index contributed by atoms with van der Waals surface area (Å²) in [6.07, 6.45) is 0.